The number of nitriles is 1. The Morgan fingerprint density at radius 1 is 1.45 bits per heavy atom. The lowest BCUT2D eigenvalue weighted by Crippen LogP contribution is -2.58. The Balaban J connectivity index is 3.41. The van der Waals surface area contributed by atoms with Crippen molar-refractivity contribution < 1.29 is 9.59 Å². The zero-order chi connectivity index (χ0) is 15.8. The molecule has 5 nitrogen and oxygen atoms in total. The molecular formula is C15H23N3O2. The lowest BCUT2D eigenvalue weighted by molar-refractivity contribution is -0.150. The lowest BCUT2D eigenvalue weighted by atomic mass is 9.61. The zero-order valence-corrected chi connectivity index (χ0v) is 13.1. The van der Waals surface area contributed by atoms with Crippen LogP contribution in [0.4, 0.5) is 0 Å². The lowest BCUT2D eigenvalue weighted by Gasteiger charge is -2.42. The predicted octanol–water partition coefficient (Wildman–Crippen LogP) is 3.09. The maximum absolute atomic E-state index is 12.9. The number of rotatable bonds is 4. The van der Waals surface area contributed by atoms with Gasteiger partial charge >= 0.3 is 0 Å². The fourth-order valence-electron chi connectivity index (χ4n) is 2.51. The van der Waals surface area contributed by atoms with Crippen LogP contribution >= 0.6 is 0 Å². The van der Waals surface area contributed by atoms with Crippen molar-refractivity contribution in [3.8, 4) is 6.07 Å². The Labute approximate surface area is 120 Å². The molecule has 4 atom stereocenters. The standard InChI is InChI=1S/C15H23N3O2/c1-7-13(4,9-16)11(19)15(6)10(3)17-18-14(5,8-2)12(15)20/h10H,7-8H2,1-6H3. The van der Waals surface area contributed by atoms with Gasteiger partial charge in [0.05, 0.1) is 12.1 Å². The summed E-state index contributed by atoms with van der Waals surface area (Å²) in [6, 6.07) is 1.52. The van der Waals surface area contributed by atoms with Crippen LogP contribution in [-0.4, -0.2) is 23.1 Å². The Morgan fingerprint density at radius 2 is 2.00 bits per heavy atom. The first-order valence-electron chi connectivity index (χ1n) is 7.05. The Morgan fingerprint density at radius 3 is 2.40 bits per heavy atom. The maximum atomic E-state index is 12.9. The number of hydrogen-bond acceptors (Lipinski definition) is 5. The summed E-state index contributed by atoms with van der Waals surface area (Å²) in [7, 11) is 0. The largest absolute Gasteiger partial charge is 0.297 e. The van der Waals surface area contributed by atoms with Gasteiger partial charge in [-0.3, -0.25) is 9.59 Å². The van der Waals surface area contributed by atoms with Gasteiger partial charge in [-0.05, 0) is 40.5 Å². The van der Waals surface area contributed by atoms with Crippen LogP contribution in [0.1, 0.15) is 54.4 Å². The highest BCUT2D eigenvalue weighted by Crippen LogP contribution is 2.43. The molecule has 0 fully saturated rings. The summed E-state index contributed by atoms with van der Waals surface area (Å²) < 4.78 is 0. The Kier molecular flexibility index (Phi) is 4.19. The number of azo groups is 1. The van der Waals surface area contributed by atoms with Crippen LogP contribution in [0.15, 0.2) is 10.2 Å². The minimum atomic E-state index is -1.28. The molecule has 4 unspecified atom stereocenters. The molecule has 1 aliphatic heterocycles. The Bertz CT molecular complexity index is 508. The average Bonchev–Trinajstić information content (AvgIpc) is 2.47. The normalized spacial score (nSPS) is 36.2. The minimum absolute atomic E-state index is 0.227. The van der Waals surface area contributed by atoms with E-state index in [1.165, 1.54) is 0 Å². The second-order valence-corrected chi connectivity index (χ2v) is 6.18. The van der Waals surface area contributed by atoms with Gasteiger partial charge in [-0.15, -0.1) is 0 Å². The number of Topliss-reactive ketones (excluding diaryl/α,β-unsaturated/α-hetero) is 2. The number of ketones is 2. The molecule has 0 aromatic heterocycles. The molecule has 0 bridgehead atoms. The zero-order valence-electron chi connectivity index (χ0n) is 13.1. The first kappa shape index (κ1) is 16.5. The Hall–Kier alpha value is -1.57. The first-order valence-corrected chi connectivity index (χ1v) is 7.05. The van der Waals surface area contributed by atoms with Crippen LogP contribution in [0.3, 0.4) is 0 Å². The van der Waals surface area contributed by atoms with Crippen molar-refractivity contribution >= 4 is 11.6 Å². The highest BCUT2D eigenvalue weighted by molar-refractivity contribution is 6.14. The first-order chi connectivity index (χ1) is 9.12. The van der Waals surface area contributed by atoms with Crippen LogP contribution in [-0.2, 0) is 9.59 Å². The number of carbonyl (C=O) groups excluding carboxylic acids is 2. The topological polar surface area (TPSA) is 82.6 Å². The molecule has 0 aliphatic carbocycles. The molecular weight excluding hydrogens is 254 g/mol. The van der Waals surface area contributed by atoms with Crippen LogP contribution in [0.2, 0.25) is 0 Å². The summed E-state index contributed by atoms with van der Waals surface area (Å²) >= 11 is 0. The van der Waals surface area contributed by atoms with Crippen molar-refractivity contribution in [3.05, 3.63) is 0 Å². The van der Waals surface area contributed by atoms with E-state index in [2.05, 4.69) is 16.3 Å². The molecule has 0 saturated carbocycles. The van der Waals surface area contributed by atoms with Crippen molar-refractivity contribution in [2.24, 2.45) is 21.1 Å². The van der Waals surface area contributed by atoms with Crippen LogP contribution in [0, 0.1) is 22.2 Å². The summed E-state index contributed by atoms with van der Waals surface area (Å²) in [5, 5.41) is 17.6. The van der Waals surface area contributed by atoms with Gasteiger partial charge in [-0.1, -0.05) is 13.8 Å². The van der Waals surface area contributed by atoms with Crippen LogP contribution in [0.5, 0.6) is 0 Å². The monoisotopic (exact) mass is 277 g/mol. The molecule has 0 saturated heterocycles. The van der Waals surface area contributed by atoms with Gasteiger partial charge in [0.15, 0.2) is 11.6 Å². The van der Waals surface area contributed by atoms with Gasteiger partial charge in [0.25, 0.3) is 0 Å². The molecule has 20 heavy (non-hydrogen) atoms. The van der Waals surface area contributed by atoms with E-state index in [-0.39, 0.29) is 11.6 Å². The molecule has 0 aromatic rings. The van der Waals surface area contributed by atoms with Gasteiger partial charge in [0, 0.05) is 0 Å². The number of carbonyl (C=O) groups is 2. The second-order valence-electron chi connectivity index (χ2n) is 6.18. The maximum Gasteiger partial charge on any atom is 0.177 e. The molecule has 0 amide bonds. The molecule has 0 aromatic carbocycles. The van der Waals surface area contributed by atoms with E-state index in [1.807, 2.05) is 6.92 Å². The van der Waals surface area contributed by atoms with Crippen molar-refractivity contribution in [1.29, 1.82) is 5.26 Å². The van der Waals surface area contributed by atoms with E-state index in [9.17, 15) is 14.9 Å². The van der Waals surface area contributed by atoms with Gasteiger partial charge in [0.1, 0.15) is 16.4 Å². The fraction of sp³-hybridized carbons (Fsp3) is 0.800. The van der Waals surface area contributed by atoms with Gasteiger partial charge in [-0.25, -0.2) is 0 Å². The van der Waals surface area contributed by atoms with Gasteiger partial charge in [0.2, 0.25) is 0 Å². The van der Waals surface area contributed by atoms with Gasteiger partial charge in [-0.2, -0.15) is 15.5 Å². The molecule has 1 heterocycles. The third-order valence-corrected chi connectivity index (χ3v) is 4.86. The molecule has 110 valence electrons. The molecule has 0 N–H and O–H groups in total. The van der Waals surface area contributed by atoms with Crippen molar-refractivity contribution in [1.82, 2.24) is 0 Å². The predicted molar refractivity (Wildman–Crippen MR) is 75.1 cm³/mol. The average molecular weight is 277 g/mol. The van der Waals surface area contributed by atoms with E-state index >= 15 is 0 Å². The van der Waals surface area contributed by atoms with E-state index < -0.39 is 22.4 Å². The second kappa shape index (κ2) is 5.08. The fourth-order valence-corrected chi connectivity index (χ4v) is 2.51. The van der Waals surface area contributed by atoms with Gasteiger partial charge < -0.3 is 0 Å². The highest BCUT2D eigenvalue weighted by atomic mass is 16.2. The van der Waals surface area contributed by atoms with Crippen LogP contribution in [0.25, 0.3) is 0 Å². The van der Waals surface area contributed by atoms with E-state index in [0.29, 0.717) is 12.8 Å². The van der Waals surface area contributed by atoms with Crippen molar-refractivity contribution in [3.63, 3.8) is 0 Å². The summed E-state index contributed by atoms with van der Waals surface area (Å²) in [6.07, 6.45) is 0.859. The summed E-state index contributed by atoms with van der Waals surface area (Å²) in [5.74, 6) is -0.569. The van der Waals surface area contributed by atoms with E-state index in [1.54, 1.807) is 34.6 Å². The smallest absolute Gasteiger partial charge is 0.177 e. The third kappa shape index (κ3) is 2.07. The van der Waals surface area contributed by atoms with Crippen molar-refractivity contribution in [2.45, 2.75) is 66.0 Å². The van der Waals surface area contributed by atoms with E-state index in [0.717, 1.165) is 0 Å². The molecule has 1 rings (SSSR count). The third-order valence-electron chi connectivity index (χ3n) is 4.86. The molecule has 1 aliphatic rings. The summed E-state index contributed by atoms with van der Waals surface area (Å²) in [6.45, 7) is 10.2. The summed E-state index contributed by atoms with van der Waals surface area (Å²) in [5.41, 5.74) is -3.42. The highest BCUT2D eigenvalue weighted by Gasteiger charge is 2.59. The SMILES string of the molecule is CCC(C)(C#N)C(=O)C1(C)C(=O)C(C)(CC)N=NC1C. The quantitative estimate of drug-likeness (QED) is 0.740. The van der Waals surface area contributed by atoms with Crippen LogP contribution < -0.4 is 0 Å². The van der Waals surface area contributed by atoms with E-state index in [4.69, 9.17) is 0 Å². The summed E-state index contributed by atoms with van der Waals surface area (Å²) in [4.78, 5) is 25.7. The minimum Gasteiger partial charge on any atom is -0.297 e. The van der Waals surface area contributed by atoms with Crippen molar-refractivity contribution in [2.75, 3.05) is 0 Å². The molecule has 5 heteroatoms. The number of hydrogen-bond donors (Lipinski definition) is 0. The molecule has 0 spiro atoms. The number of nitrogens with zero attached hydrogens (tertiary/aromatic N) is 3. The molecule has 0 radical (unpaired) electrons.